The number of nitrogens with zero attached hydrogens (tertiary/aromatic N) is 2. The zero-order valence-corrected chi connectivity index (χ0v) is 11.5. The summed E-state index contributed by atoms with van der Waals surface area (Å²) in [6.45, 7) is 0. The lowest BCUT2D eigenvalue weighted by Gasteiger charge is -2.08. The maximum Gasteiger partial charge on any atom is 0.194 e. The van der Waals surface area contributed by atoms with Crippen molar-refractivity contribution < 1.29 is 4.79 Å². The van der Waals surface area contributed by atoms with E-state index in [1.54, 1.807) is 30.3 Å². The number of ketones is 1. The van der Waals surface area contributed by atoms with Gasteiger partial charge < -0.3 is 0 Å². The Bertz CT molecular complexity index is 771. The predicted octanol–water partition coefficient (Wildman–Crippen LogP) is 3.97. The molecule has 0 radical (unpaired) electrons. The quantitative estimate of drug-likeness (QED) is 0.788. The van der Waals surface area contributed by atoms with Gasteiger partial charge in [-0.05, 0) is 6.07 Å². The number of nitriles is 2. The first-order valence-electron chi connectivity index (χ1n) is 5.52. The number of hydrogen-bond acceptors (Lipinski definition) is 3. The van der Waals surface area contributed by atoms with Crippen molar-refractivity contribution in [1.29, 1.82) is 10.5 Å². The van der Waals surface area contributed by atoms with Crippen molar-refractivity contribution in [2.75, 3.05) is 0 Å². The summed E-state index contributed by atoms with van der Waals surface area (Å²) >= 11 is 11.8. The van der Waals surface area contributed by atoms with E-state index in [9.17, 15) is 10.1 Å². The molecule has 2 aromatic carbocycles. The van der Waals surface area contributed by atoms with Crippen LogP contribution in [-0.2, 0) is 0 Å². The van der Waals surface area contributed by atoms with Crippen LogP contribution < -0.4 is 0 Å². The molecule has 2 aromatic rings. The Morgan fingerprint density at radius 2 is 1.60 bits per heavy atom. The van der Waals surface area contributed by atoms with Crippen LogP contribution in [0, 0.1) is 22.7 Å². The minimum absolute atomic E-state index is 0.0182. The summed E-state index contributed by atoms with van der Waals surface area (Å²) in [6, 6.07) is 13.4. The van der Waals surface area contributed by atoms with Gasteiger partial charge in [0.05, 0.1) is 21.2 Å². The molecule has 0 fully saturated rings. The smallest absolute Gasteiger partial charge is 0.194 e. The molecule has 0 heterocycles. The van der Waals surface area contributed by atoms with E-state index in [0.717, 1.165) is 0 Å². The zero-order valence-electron chi connectivity index (χ0n) is 10.0. The number of hydrogen-bond donors (Lipinski definition) is 0. The van der Waals surface area contributed by atoms with Gasteiger partial charge in [-0.3, -0.25) is 4.79 Å². The van der Waals surface area contributed by atoms with Crippen molar-refractivity contribution >= 4 is 29.0 Å². The van der Waals surface area contributed by atoms with Crippen molar-refractivity contribution in [2.45, 2.75) is 0 Å². The molecule has 0 unspecified atom stereocenters. The molecule has 96 valence electrons. The molecule has 0 N–H and O–H groups in total. The van der Waals surface area contributed by atoms with E-state index in [4.69, 9.17) is 28.5 Å². The van der Waals surface area contributed by atoms with Gasteiger partial charge in [0.2, 0.25) is 0 Å². The fraction of sp³-hybridized carbons (Fsp3) is 0. The van der Waals surface area contributed by atoms with Gasteiger partial charge in [-0.1, -0.05) is 53.5 Å². The highest BCUT2D eigenvalue weighted by atomic mass is 35.5. The van der Waals surface area contributed by atoms with Crippen LogP contribution in [0.1, 0.15) is 27.0 Å². The Balaban J connectivity index is 2.71. The molecule has 0 amide bonds. The molecule has 0 spiro atoms. The number of halogens is 2. The van der Waals surface area contributed by atoms with Crippen LogP contribution in [0.15, 0.2) is 36.4 Å². The lowest BCUT2D eigenvalue weighted by molar-refractivity contribution is 0.103. The third-order valence-electron chi connectivity index (χ3n) is 2.72. The average Bonchev–Trinajstić information content (AvgIpc) is 2.49. The Morgan fingerprint density at radius 3 is 2.15 bits per heavy atom. The lowest BCUT2D eigenvalue weighted by atomic mass is 9.95. The Morgan fingerprint density at radius 1 is 1.00 bits per heavy atom. The van der Waals surface area contributed by atoms with E-state index in [0.29, 0.717) is 5.56 Å². The van der Waals surface area contributed by atoms with Crippen LogP contribution in [0.5, 0.6) is 0 Å². The first-order valence-corrected chi connectivity index (χ1v) is 6.27. The van der Waals surface area contributed by atoms with Crippen molar-refractivity contribution in [3.63, 3.8) is 0 Å². The van der Waals surface area contributed by atoms with E-state index < -0.39 is 0 Å². The molecule has 0 saturated carbocycles. The van der Waals surface area contributed by atoms with Gasteiger partial charge >= 0.3 is 0 Å². The largest absolute Gasteiger partial charge is 0.289 e. The minimum Gasteiger partial charge on any atom is -0.289 e. The van der Waals surface area contributed by atoms with Crippen LogP contribution in [0.3, 0.4) is 0 Å². The van der Waals surface area contributed by atoms with Crippen LogP contribution >= 0.6 is 23.2 Å². The van der Waals surface area contributed by atoms with Gasteiger partial charge in [0.1, 0.15) is 12.1 Å². The van der Waals surface area contributed by atoms with Crippen LogP contribution in [0.4, 0.5) is 0 Å². The van der Waals surface area contributed by atoms with Crippen molar-refractivity contribution in [3.05, 3.63) is 68.7 Å². The highest BCUT2D eigenvalue weighted by Crippen LogP contribution is 2.31. The summed E-state index contributed by atoms with van der Waals surface area (Å²) < 4.78 is 0. The number of rotatable bonds is 2. The predicted molar refractivity (Wildman–Crippen MR) is 75.8 cm³/mol. The van der Waals surface area contributed by atoms with E-state index in [2.05, 4.69) is 0 Å². The van der Waals surface area contributed by atoms with Crippen molar-refractivity contribution in [1.82, 2.24) is 0 Å². The molecule has 0 bridgehead atoms. The second-order valence-electron chi connectivity index (χ2n) is 3.89. The second-order valence-corrected chi connectivity index (χ2v) is 4.67. The Labute approximate surface area is 125 Å². The molecule has 20 heavy (non-hydrogen) atoms. The van der Waals surface area contributed by atoms with Crippen molar-refractivity contribution in [2.24, 2.45) is 0 Å². The molecular weight excluding hydrogens is 295 g/mol. The molecule has 0 aliphatic carbocycles. The Kier molecular flexibility index (Phi) is 4.05. The topological polar surface area (TPSA) is 64.7 Å². The summed E-state index contributed by atoms with van der Waals surface area (Å²) in [5, 5.41) is 18.3. The monoisotopic (exact) mass is 300 g/mol. The third-order valence-corrected chi connectivity index (χ3v) is 3.51. The SMILES string of the molecule is N#Cc1c(C(=O)c2ccccc2)cc(Cl)c(Cl)c1C#N. The number of carbonyl (C=O) groups excluding carboxylic acids is 1. The van der Waals surface area contributed by atoms with Crippen LogP contribution in [0.25, 0.3) is 0 Å². The average molecular weight is 301 g/mol. The molecule has 0 aromatic heterocycles. The summed E-state index contributed by atoms with van der Waals surface area (Å²) in [7, 11) is 0. The Hall–Kier alpha value is -2.33. The van der Waals surface area contributed by atoms with Gasteiger partial charge in [0.25, 0.3) is 0 Å². The first kappa shape index (κ1) is 14.1. The fourth-order valence-electron chi connectivity index (χ4n) is 1.77. The van der Waals surface area contributed by atoms with Crippen molar-refractivity contribution in [3.8, 4) is 12.1 Å². The highest BCUT2D eigenvalue weighted by molar-refractivity contribution is 6.43. The third kappa shape index (κ3) is 2.38. The number of carbonyl (C=O) groups is 1. The molecule has 5 heteroatoms. The molecule has 0 aliphatic rings. The fourth-order valence-corrected chi connectivity index (χ4v) is 2.17. The maximum atomic E-state index is 12.4. The summed E-state index contributed by atoms with van der Waals surface area (Å²) in [5.41, 5.74) is 0.340. The molecular formula is C15H6Cl2N2O. The molecule has 3 nitrogen and oxygen atoms in total. The van der Waals surface area contributed by atoms with Crippen LogP contribution in [0.2, 0.25) is 10.0 Å². The van der Waals surface area contributed by atoms with Gasteiger partial charge in [-0.2, -0.15) is 10.5 Å². The molecule has 0 aliphatic heterocycles. The minimum atomic E-state index is -0.378. The van der Waals surface area contributed by atoms with Gasteiger partial charge in [-0.25, -0.2) is 0 Å². The maximum absolute atomic E-state index is 12.4. The zero-order chi connectivity index (χ0) is 14.7. The van der Waals surface area contributed by atoms with Gasteiger partial charge in [-0.15, -0.1) is 0 Å². The molecule has 0 atom stereocenters. The number of benzene rings is 2. The molecule has 2 rings (SSSR count). The van der Waals surface area contributed by atoms with E-state index in [-0.39, 0.29) is 32.5 Å². The van der Waals surface area contributed by atoms with E-state index in [1.165, 1.54) is 6.07 Å². The van der Waals surface area contributed by atoms with E-state index >= 15 is 0 Å². The summed E-state index contributed by atoms with van der Waals surface area (Å²) in [5.74, 6) is -0.378. The summed E-state index contributed by atoms with van der Waals surface area (Å²) in [4.78, 5) is 12.4. The van der Waals surface area contributed by atoms with Gasteiger partial charge in [0.15, 0.2) is 5.78 Å². The first-order chi connectivity index (χ1) is 9.60. The second kappa shape index (κ2) is 5.75. The highest BCUT2D eigenvalue weighted by Gasteiger charge is 2.21. The van der Waals surface area contributed by atoms with Gasteiger partial charge in [0, 0.05) is 11.1 Å². The van der Waals surface area contributed by atoms with E-state index in [1.807, 2.05) is 12.1 Å². The van der Waals surface area contributed by atoms with Crippen LogP contribution in [-0.4, -0.2) is 5.78 Å². The molecule has 0 saturated heterocycles. The summed E-state index contributed by atoms with van der Waals surface area (Å²) in [6.07, 6.45) is 0. The standard InChI is InChI=1S/C15H6Cl2N2O/c16-13-6-10(11(7-18)12(8-19)14(13)17)15(20)9-4-2-1-3-5-9/h1-6H. The normalized spacial score (nSPS) is 9.60. The lowest BCUT2D eigenvalue weighted by Crippen LogP contribution is -2.06.